The average molecular weight is 401 g/mol. The SMILES string of the molecule is CC(O)C(NC(=O)CNC(=O)C1CCCN1C(=O)C(N)CCC(N)=O)C(=O)O. The highest BCUT2D eigenvalue weighted by Crippen LogP contribution is 2.19. The number of carboxylic acid groups (broad SMARTS) is 1. The maximum absolute atomic E-state index is 12.4. The van der Waals surface area contributed by atoms with Crippen LogP contribution in [-0.2, 0) is 24.0 Å². The number of aliphatic hydroxyl groups is 1. The molecule has 4 unspecified atom stereocenters. The molecular formula is C16H27N5O7. The van der Waals surface area contributed by atoms with Crippen LogP contribution in [0.1, 0.15) is 32.6 Å². The van der Waals surface area contributed by atoms with Gasteiger partial charge in [0.15, 0.2) is 6.04 Å². The van der Waals surface area contributed by atoms with Gasteiger partial charge in [-0.2, -0.15) is 0 Å². The maximum Gasteiger partial charge on any atom is 0.328 e. The average Bonchev–Trinajstić information content (AvgIpc) is 3.10. The molecule has 1 aliphatic rings. The van der Waals surface area contributed by atoms with E-state index in [2.05, 4.69) is 10.6 Å². The lowest BCUT2D eigenvalue weighted by Gasteiger charge is -2.26. The maximum atomic E-state index is 12.4. The Balaban J connectivity index is 2.58. The number of nitrogens with two attached hydrogens (primary N) is 2. The van der Waals surface area contributed by atoms with Crippen LogP contribution in [0.4, 0.5) is 0 Å². The van der Waals surface area contributed by atoms with Crippen molar-refractivity contribution >= 4 is 29.6 Å². The molecule has 1 rings (SSSR count). The minimum Gasteiger partial charge on any atom is -0.480 e. The van der Waals surface area contributed by atoms with Crippen molar-refractivity contribution in [3.05, 3.63) is 0 Å². The number of amides is 4. The third kappa shape index (κ3) is 6.78. The number of nitrogens with zero attached hydrogens (tertiary/aromatic N) is 1. The number of hydrogen-bond acceptors (Lipinski definition) is 7. The summed E-state index contributed by atoms with van der Waals surface area (Å²) in [5.74, 6) is -3.85. The number of rotatable bonds is 10. The molecule has 0 spiro atoms. The highest BCUT2D eigenvalue weighted by molar-refractivity contribution is 5.93. The van der Waals surface area contributed by atoms with Crippen molar-refractivity contribution in [1.29, 1.82) is 0 Å². The van der Waals surface area contributed by atoms with Crippen molar-refractivity contribution < 1.29 is 34.2 Å². The lowest BCUT2D eigenvalue weighted by atomic mass is 10.1. The molecule has 0 aromatic heterocycles. The molecule has 4 atom stereocenters. The molecule has 4 amide bonds. The Hall–Kier alpha value is -2.73. The van der Waals surface area contributed by atoms with E-state index in [0.717, 1.165) is 0 Å². The second-order valence-electron chi connectivity index (χ2n) is 6.64. The number of nitrogens with one attached hydrogen (secondary N) is 2. The quantitative estimate of drug-likeness (QED) is 0.217. The fourth-order valence-corrected chi connectivity index (χ4v) is 2.84. The van der Waals surface area contributed by atoms with Gasteiger partial charge in [0.1, 0.15) is 6.04 Å². The zero-order valence-corrected chi connectivity index (χ0v) is 15.6. The highest BCUT2D eigenvalue weighted by atomic mass is 16.4. The molecule has 12 nitrogen and oxygen atoms in total. The molecule has 1 aliphatic heterocycles. The Bertz CT molecular complexity index is 625. The molecule has 0 radical (unpaired) electrons. The first kappa shape index (κ1) is 23.3. The van der Waals surface area contributed by atoms with E-state index < -0.39 is 60.4 Å². The monoisotopic (exact) mass is 401 g/mol. The first-order valence-electron chi connectivity index (χ1n) is 8.87. The molecule has 0 aliphatic carbocycles. The van der Waals surface area contributed by atoms with Crippen molar-refractivity contribution in [3.63, 3.8) is 0 Å². The molecule has 12 heteroatoms. The van der Waals surface area contributed by atoms with Crippen molar-refractivity contribution in [2.45, 2.75) is 56.8 Å². The van der Waals surface area contributed by atoms with E-state index in [1.165, 1.54) is 11.8 Å². The molecule has 1 heterocycles. The Morgan fingerprint density at radius 1 is 1.25 bits per heavy atom. The van der Waals surface area contributed by atoms with Crippen LogP contribution in [0.2, 0.25) is 0 Å². The fraction of sp³-hybridized carbons (Fsp3) is 0.688. The van der Waals surface area contributed by atoms with E-state index in [4.69, 9.17) is 16.6 Å². The topological polar surface area (TPSA) is 205 Å². The Kier molecular flexibility index (Phi) is 8.79. The van der Waals surface area contributed by atoms with Gasteiger partial charge in [-0.05, 0) is 26.2 Å². The summed E-state index contributed by atoms with van der Waals surface area (Å²) in [4.78, 5) is 59.6. The number of hydrogen-bond donors (Lipinski definition) is 6. The smallest absolute Gasteiger partial charge is 0.328 e. The number of carboxylic acids is 1. The summed E-state index contributed by atoms with van der Waals surface area (Å²) < 4.78 is 0. The Morgan fingerprint density at radius 3 is 2.43 bits per heavy atom. The zero-order chi connectivity index (χ0) is 21.4. The summed E-state index contributed by atoms with van der Waals surface area (Å²) in [5, 5.41) is 22.7. The van der Waals surface area contributed by atoms with Crippen LogP contribution in [0, 0.1) is 0 Å². The van der Waals surface area contributed by atoms with E-state index in [1.807, 2.05) is 0 Å². The number of carbonyl (C=O) groups is 5. The van der Waals surface area contributed by atoms with Gasteiger partial charge in [0, 0.05) is 13.0 Å². The van der Waals surface area contributed by atoms with Gasteiger partial charge in [-0.25, -0.2) is 4.79 Å². The van der Waals surface area contributed by atoms with E-state index in [9.17, 15) is 29.1 Å². The van der Waals surface area contributed by atoms with Crippen LogP contribution in [0.5, 0.6) is 0 Å². The second kappa shape index (κ2) is 10.6. The first-order valence-corrected chi connectivity index (χ1v) is 8.87. The number of carbonyl (C=O) groups excluding carboxylic acids is 4. The van der Waals surface area contributed by atoms with Crippen molar-refractivity contribution in [3.8, 4) is 0 Å². The molecule has 0 bridgehead atoms. The molecule has 1 saturated heterocycles. The lowest BCUT2D eigenvalue weighted by molar-refractivity contribution is -0.145. The van der Waals surface area contributed by atoms with E-state index in [0.29, 0.717) is 19.4 Å². The van der Waals surface area contributed by atoms with Gasteiger partial charge in [-0.1, -0.05) is 0 Å². The van der Waals surface area contributed by atoms with Crippen LogP contribution >= 0.6 is 0 Å². The summed E-state index contributed by atoms with van der Waals surface area (Å²) in [6.45, 7) is 1.01. The van der Waals surface area contributed by atoms with Crippen molar-refractivity contribution in [2.24, 2.45) is 11.5 Å². The van der Waals surface area contributed by atoms with Crippen LogP contribution in [0.3, 0.4) is 0 Å². The third-order valence-corrected chi connectivity index (χ3v) is 4.35. The minimum atomic E-state index is -1.50. The predicted octanol–water partition coefficient (Wildman–Crippen LogP) is -3.36. The molecular weight excluding hydrogens is 374 g/mol. The van der Waals surface area contributed by atoms with E-state index >= 15 is 0 Å². The molecule has 0 aromatic carbocycles. The van der Waals surface area contributed by atoms with Gasteiger partial charge in [0.25, 0.3) is 0 Å². The Morgan fingerprint density at radius 2 is 1.89 bits per heavy atom. The van der Waals surface area contributed by atoms with Gasteiger partial charge >= 0.3 is 5.97 Å². The highest BCUT2D eigenvalue weighted by Gasteiger charge is 2.36. The number of primary amides is 1. The lowest BCUT2D eigenvalue weighted by Crippen LogP contribution is -2.54. The fourth-order valence-electron chi connectivity index (χ4n) is 2.84. The van der Waals surface area contributed by atoms with Gasteiger partial charge in [0.2, 0.25) is 23.6 Å². The second-order valence-corrected chi connectivity index (χ2v) is 6.64. The Labute approximate surface area is 161 Å². The summed E-state index contributed by atoms with van der Waals surface area (Å²) in [6, 6.07) is -3.28. The molecule has 28 heavy (non-hydrogen) atoms. The summed E-state index contributed by atoms with van der Waals surface area (Å²) in [6.07, 6.45) is -0.347. The van der Waals surface area contributed by atoms with E-state index in [1.54, 1.807) is 0 Å². The predicted molar refractivity (Wildman–Crippen MR) is 95.4 cm³/mol. The molecule has 1 fully saturated rings. The van der Waals surface area contributed by atoms with Gasteiger partial charge in [-0.3, -0.25) is 19.2 Å². The van der Waals surface area contributed by atoms with E-state index in [-0.39, 0.29) is 12.8 Å². The third-order valence-electron chi connectivity index (χ3n) is 4.35. The first-order chi connectivity index (χ1) is 13.0. The molecule has 0 aromatic rings. The minimum absolute atomic E-state index is 0.0498. The van der Waals surface area contributed by atoms with Crippen LogP contribution in [-0.4, -0.2) is 82.0 Å². The number of likely N-dealkylation sites (tertiary alicyclic amines) is 1. The van der Waals surface area contributed by atoms with Gasteiger partial charge < -0.3 is 37.2 Å². The summed E-state index contributed by atoms with van der Waals surface area (Å²) in [7, 11) is 0. The van der Waals surface area contributed by atoms with Crippen molar-refractivity contribution in [2.75, 3.05) is 13.1 Å². The normalized spacial score (nSPS) is 19.4. The van der Waals surface area contributed by atoms with Crippen LogP contribution in [0.15, 0.2) is 0 Å². The standard InChI is InChI=1S/C16H27N5O7/c1-8(22)13(16(27)28)20-12(24)7-19-14(25)10-3-2-6-21(10)15(26)9(17)4-5-11(18)23/h8-10,13,22H,2-7,17H2,1H3,(H2,18,23)(H,19,25)(H,20,24)(H,27,28). The summed E-state index contributed by atoms with van der Waals surface area (Å²) >= 11 is 0. The van der Waals surface area contributed by atoms with Crippen LogP contribution in [0.25, 0.3) is 0 Å². The number of aliphatic hydroxyl groups excluding tert-OH is 1. The molecule has 8 N–H and O–H groups in total. The number of aliphatic carboxylic acids is 1. The largest absolute Gasteiger partial charge is 0.480 e. The summed E-state index contributed by atoms with van der Waals surface area (Å²) in [5.41, 5.74) is 10.8. The van der Waals surface area contributed by atoms with Crippen molar-refractivity contribution in [1.82, 2.24) is 15.5 Å². The zero-order valence-electron chi connectivity index (χ0n) is 15.6. The molecule has 0 saturated carbocycles. The van der Waals surface area contributed by atoms with Crippen LogP contribution < -0.4 is 22.1 Å². The van der Waals surface area contributed by atoms with Gasteiger partial charge in [0.05, 0.1) is 18.7 Å². The van der Waals surface area contributed by atoms with Gasteiger partial charge in [-0.15, -0.1) is 0 Å². The molecule has 158 valence electrons.